The van der Waals surface area contributed by atoms with Crippen LogP contribution >= 0.6 is 23.2 Å². The molecule has 0 spiro atoms. The number of alkyl halides is 2. The molecule has 1 nitrogen and oxygen atoms in total. The van der Waals surface area contributed by atoms with Crippen molar-refractivity contribution < 1.29 is 5.11 Å². The minimum absolute atomic E-state index is 0.167. The zero-order valence-corrected chi connectivity index (χ0v) is 11.5. The van der Waals surface area contributed by atoms with Gasteiger partial charge in [-0.2, -0.15) is 0 Å². The molecular weight excluding hydrogens is 219 g/mol. The van der Waals surface area contributed by atoms with E-state index in [1.165, 1.54) is 32.1 Å². The monoisotopic (exact) mass is 244 g/mol. The van der Waals surface area contributed by atoms with Crippen LogP contribution in [0.1, 0.15) is 59.8 Å². The molecule has 0 aliphatic rings. The van der Waals surface area contributed by atoms with Crippen LogP contribution in [-0.4, -0.2) is 16.5 Å². The van der Waals surface area contributed by atoms with Crippen molar-refractivity contribution in [3.63, 3.8) is 0 Å². The fourth-order valence-electron chi connectivity index (χ4n) is 0.677. The highest BCUT2D eigenvalue weighted by atomic mass is 35.5. The molecule has 90 valence electrons. The maximum absolute atomic E-state index is 8.06. The number of halogens is 2. The molecule has 0 saturated carbocycles. The lowest BCUT2D eigenvalue weighted by Gasteiger charge is -1.90. The van der Waals surface area contributed by atoms with E-state index in [1.807, 2.05) is 0 Å². The van der Waals surface area contributed by atoms with Crippen LogP contribution in [0.3, 0.4) is 0 Å². The van der Waals surface area contributed by atoms with E-state index in [1.54, 1.807) is 13.8 Å². The predicted molar refractivity (Wildman–Crippen MR) is 68.4 cm³/mol. The molecule has 1 N–H and O–H groups in total. The lowest BCUT2D eigenvalue weighted by Crippen LogP contribution is -1.85. The van der Waals surface area contributed by atoms with Gasteiger partial charge in [-0.05, 0) is 13.8 Å². The molecule has 0 amide bonds. The summed E-state index contributed by atoms with van der Waals surface area (Å²) in [6.45, 7) is 7.94. The van der Waals surface area contributed by atoms with Crippen LogP contribution < -0.4 is 0 Å². The van der Waals surface area contributed by atoms with Gasteiger partial charge in [0.1, 0.15) is 0 Å². The molecule has 0 fully saturated rings. The maximum atomic E-state index is 8.06. The highest BCUT2D eigenvalue weighted by Crippen LogP contribution is 2.00. The molecule has 3 heteroatoms. The molecule has 0 aromatic carbocycles. The van der Waals surface area contributed by atoms with E-state index >= 15 is 0 Å². The van der Waals surface area contributed by atoms with E-state index in [-0.39, 0.29) is 11.4 Å². The Kier molecular flexibility index (Phi) is 33.4. The second kappa shape index (κ2) is 23.4. The van der Waals surface area contributed by atoms with Crippen molar-refractivity contribution >= 4 is 23.2 Å². The van der Waals surface area contributed by atoms with Gasteiger partial charge in [-0.3, -0.25) is 0 Å². The smallest absolute Gasteiger partial charge is 0.0967 e. The molecule has 0 rings (SSSR count). The average molecular weight is 245 g/mol. The first kappa shape index (κ1) is 20.0. The van der Waals surface area contributed by atoms with E-state index < -0.39 is 0 Å². The number of unbranched alkanes of at least 4 members (excludes halogenated alkanes) is 4. The summed E-state index contributed by atoms with van der Waals surface area (Å²) in [4.78, 5) is 0. The van der Waals surface area contributed by atoms with Gasteiger partial charge >= 0.3 is 0 Å². The summed E-state index contributed by atoms with van der Waals surface area (Å²) in [5.74, 6) is 0. The van der Waals surface area contributed by atoms with Crippen LogP contribution in [0, 0.1) is 0 Å². The molecule has 0 bridgehead atoms. The Morgan fingerprint density at radius 2 is 1.14 bits per heavy atom. The Balaban J connectivity index is -0.000000147. The van der Waals surface area contributed by atoms with Gasteiger partial charge in [-0.1, -0.05) is 46.0 Å². The van der Waals surface area contributed by atoms with Gasteiger partial charge < -0.3 is 5.11 Å². The Morgan fingerprint density at radius 3 is 1.29 bits per heavy atom. The van der Waals surface area contributed by atoms with Gasteiger partial charge in [0.05, 0.1) is 5.34 Å². The third-order valence-corrected chi connectivity index (χ3v) is 1.21. The molecule has 0 atom stereocenters. The summed E-state index contributed by atoms with van der Waals surface area (Å²) < 4.78 is 0. The molecular formula is C11H26Cl2O. The number of aliphatic hydroxyl groups excluding tert-OH is 1. The Morgan fingerprint density at radius 1 is 0.929 bits per heavy atom. The average Bonchev–Trinajstić information content (AvgIpc) is 2.06. The minimum atomic E-state index is -0.167. The fourth-order valence-corrected chi connectivity index (χ4v) is 0.677. The highest BCUT2D eigenvalue weighted by Gasteiger charge is 1.80. The van der Waals surface area contributed by atoms with Crippen LogP contribution in [0.25, 0.3) is 0 Å². The second-order valence-electron chi connectivity index (χ2n) is 3.26. The normalized spacial score (nSPS) is 8.57. The molecule has 0 saturated heterocycles. The van der Waals surface area contributed by atoms with Gasteiger partial charge in [0, 0.05) is 6.10 Å². The second-order valence-corrected chi connectivity index (χ2v) is 4.06. The van der Waals surface area contributed by atoms with Crippen molar-refractivity contribution in [2.24, 2.45) is 0 Å². The number of hydrogen-bond donors (Lipinski definition) is 1. The molecule has 14 heavy (non-hydrogen) atoms. The standard InChI is InChI=1S/C7H16.C3H8O.CH2Cl2/c1-3-5-7-6-4-2;1-3(2)4;2-1-3/h3-7H2,1-2H3;3-4H,1-2H3;1H2. The minimum Gasteiger partial charge on any atom is -0.394 e. The molecule has 0 aromatic heterocycles. The first-order valence-electron chi connectivity index (χ1n) is 5.36. The van der Waals surface area contributed by atoms with Crippen molar-refractivity contribution in [2.75, 3.05) is 5.34 Å². The molecule has 0 aliphatic carbocycles. The summed E-state index contributed by atoms with van der Waals surface area (Å²) in [5, 5.41) is 8.25. The van der Waals surface area contributed by atoms with Gasteiger partial charge in [0.2, 0.25) is 0 Å². The molecule has 0 heterocycles. The van der Waals surface area contributed by atoms with Crippen LogP contribution in [0.15, 0.2) is 0 Å². The molecule has 0 unspecified atom stereocenters. The molecule has 0 aliphatic heterocycles. The third-order valence-electron chi connectivity index (χ3n) is 1.21. The van der Waals surface area contributed by atoms with Gasteiger partial charge in [0.15, 0.2) is 0 Å². The first-order chi connectivity index (χ1) is 6.56. The first-order valence-corrected chi connectivity index (χ1v) is 6.43. The van der Waals surface area contributed by atoms with Gasteiger partial charge in [0.25, 0.3) is 0 Å². The van der Waals surface area contributed by atoms with Crippen molar-refractivity contribution in [2.45, 2.75) is 65.9 Å². The predicted octanol–water partition coefficient (Wildman–Crippen LogP) is 4.79. The van der Waals surface area contributed by atoms with Crippen molar-refractivity contribution in [1.29, 1.82) is 0 Å². The van der Waals surface area contributed by atoms with Crippen LogP contribution in [-0.2, 0) is 0 Å². The highest BCUT2D eigenvalue weighted by molar-refractivity contribution is 6.40. The summed E-state index contributed by atoms with van der Waals surface area (Å²) in [5.41, 5.74) is 0. The van der Waals surface area contributed by atoms with Crippen molar-refractivity contribution in [1.82, 2.24) is 0 Å². The van der Waals surface area contributed by atoms with Crippen LogP contribution in [0.5, 0.6) is 0 Å². The number of hydrogen-bond acceptors (Lipinski definition) is 1. The lowest BCUT2D eigenvalue weighted by molar-refractivity contribution is 0.216. The van der Waals surface area contributed by atoms with E-state index in [4.69, 9.17) is 28.3 Å². The Hall–Kier alpha value is 0.540. The zero-order valence-electron chi connectivity index (χ0n) is 10.0. The largest absolute Gasteiger partial charge is 0.394 e. The van der Waals surface area contributed by atoms with E-state index in [0.29, 0.717) is 0 Å². The summed E-state index contributed by atoms with van der Waals surface area (Å²) in [6.07, 6.45) is 6.84. The number of aliphatic hydroxyl groups is 1. The van der Waals surface area contributed by atoms with Crippen LogP contribution in [0.2, 0.25) is 0 Å². The Labute approximate surface area is 99.8 Å². The van der Waals surface area contributed by atoms with Crippen molar-refractivity contribution in [3.05, 3.63) is 0 Å². The lowest BCUT2D eigenvalue weighted by atomic mass is 10.2. The van der Waals surface area contributed by atoms with Gasteiger partial charge in [-0.25, -0.2) is 0 Å². The van der Waals surface area contributed by atoms with Crippen molar-refractivity contribution in [3.8, 4) is 0 Å². The quantitative estimate of drug-likeness (QED) is 0.558. The summed E-state index contributed by atoms with van der Waals surface area (Å²) in [7, 11) is 0. The third kappa shape index (κ3) is 81.0. The van der Waals surface area contributed by atoms with E-state index in [0.717, 1.165) is 0 Å². The Bertz CT molecular complexity index is 61.6. The number of rotatable bonds is 4. The zero-order chi connectivity index (χ0) is 11.8. The topological polar surface area (TPSA) is 20.2 Å². The molecule has 0 aromatic rings. The van der Waals surface area contributed by atoms with Gasteiger partial charge in [-0.15, -0.1) is 23.2 Å². The van der Waals surface area contributed by atoms with E-state index in [9.17, 15) is 0 Å². The SMILES string of the molecule is CC(C)O.CCCCCCC.ClCCl. The van der Waals surface area contributed by atoms with E-state index in [2.05, 4.69) is 13.8 Å². The maximum Gasteiger partial charge on any atom is 0.0967 e. The van der Waals surface area contributed by atoms with Crippen LogP contribution in [0.4, 0.5) is 0 Å². The summed E-state index contributed by atoms with van der Waals surface area (Å²) >= 11 is 9.53. The fraction of sp³-hybridized carbons (Fsp3) is 1.00. The molecule has 0 radical (unpaired) electrons. The summed E-state index contributed by atoms with van der Waals surface area (Å²) in [6, 6.07) is 0.